The number of phenolic OH excluding ortho intramolecular Hbond substituents is 1. The molecule has 28 heavy (non-hydrogen) atoms. The number of carboxylic acid groups (broad SMARTS) is 1. The number of carboxylic acids is 1. The summed E-state index contributed by atoms with van der Waals surface area (Å²) in [6.07, 6.45) is 5.40. The van der Waals surface area contributed by atoms with Crippen molar-refractivity contribution < 1.29 is 24.6 Å². The number of fused-ring (bicyclic) bond motifs is 1. The molecule has 1 saturated carbocycles. The normalized spacial score (nSPS) is 33.0. The van der Waals surface area contributed by atoms with Crippen molar-refractivity contribution >= 4 is 33.7 Å². The number of carbonyl (C=O) groups excluding carboxylic acids is 2. The first-order chi connectivity index (χ1) is 13.3. The van der Waals surface area contributed by atoms with Gasteiger partial charge in [-0.25, -0.2) is 0 Å². The number of aromatic hydroxyl groups is 1. The van der Waals surface area contributed by atoms with Crippen LogP contribution in [0.3, 0.4) is 0 Å². The Kier molecular flexibility index (Phi) is 4.95. The van der Waals surface area contributed by atoms with Gasteiger partial charge in [-0.3, -0.25) is 25.0 Å². The number of imide groups is 1. The highest BCUT2D eigenvalue weighted by molar-refractivity contribution is 9.10. The Morgan fingerprint density at radius 2 is 1.89 bits per heavy atom. The molecule has 4 rings (SSSR count). The first-order valence-corrected chi connectivity index (χ1v) is 10.5. The van der Waals surface area contributed by atoms with Gasteiger partial charge in [-0.1, -0.05) is 48.0 Å². The van der Waals surface area contributed by atoms with E-state index in [0.717, 1.165) is 32.1 Å². The third-order valence-electron chi connectivity index (χ3n) is 6.54. The van der Waals surface area contributed by atoms with Crippen molar-refractivity contribution in [3.8, 4) is 5.75 Å². The lowest BCUT2D eigenvalue weighted by Crippen LogP contribution is -2.56. The van der Waals surface area contributed by atoms with E-state index in [0.29, 0.717) is 16.5 Å². The summed E-state index contributed by atoms with van der Waals surface area (Å²) >= 11 is 3.36. The van der Waals surface area contributed by atoms with Crippen LogP contribution < -0.4 is 10.6 Å². The summed E-state index contributed by atoms with van der Waals surface area (Å²) in [6.45, 7) is 0. The second-order valence-corrected chi connectivity index (χ2v) is 9.08. The molecule has 0 bridgehead atoms. The van der Waals surface area contributed by atoms with Gasteiger partial charge >= 0.3 is 5.97 Å². The van der Waals surface area contributed by atoms with Crippen LogP contribution in [0.25, 0.3) is 0 Å². The molecule has 1 aliphatic carbocycles. The number of carbonyl (C=O) groups is 3. The van der Waals surface area contributed by atoms with Crippen LogP contribution in [0.15, 0.2) is 22.7 Å². The van der Waals surface area contributed by atoms with Crippen LogP contribution in [0.4, 0.5) is 0 Å². The van der Waals surface area contributed by atoms with Gasteiger partial charge < -0.3 is 10.2 Å². The predicted octanol–water partition coefficient (Wildman–Crippen LogP) is 2.48. The van der Waals surface area contributed by atoms with Crippen molar-refractivity contribution in [1.82, 2.24) is 10.6 Å². The molecular formula is C20H23BrN2O5. The van der Waals surface area contributed by atoms with Crippen LogP contribution in [0, 0.1) is 17.8 Å². The third kappa shape index (κ3) is 3.03. The Balaban J connectivity index is 1.78. The average molecular weight is 451 g/mol. The number of hydrogen-bond donors (Lipinski definition) is 4. The molecule has 0 aromatic heterocycles. The van der Waals surface area contributed by atoms with Crippen LogP contribution in [-0.4, -0.2) is 33.5 Å². The van der Waals surface area contributed by atoms with E-state index in [1.54, 1.807) is 12.1 Å². The Morgan fingerprint density at radius 1 is 1.18 bits per heavy atom. The van der Waals surface area contributed by atoms with Crippen LogP contribution >= 0.6 is 15.9 Å². The Hall–Kier alpha value is -1.93. The van der Waals surface area contributed by atoms with E-state index >= 15 is 0 Å². The zero-order chi connectivity index (χ0) is 20.1. The summed E-state index contributed by atoms with van der Waals surface area (Å²) in [6, 6.07) is 4.07. The molecule has 0 spiro atoms. The average Bonchev–Trinajstić information content (AvgIpc) is 3.15. The molecule has 150 valence electrons. The van der Waals surface area contributed by atoms with Gasteiger partial charge in [-0.05, 0) is 30.5 Å². The first-order valence-electron chi connectivity index (χ1n) is 9.67. The molecule has 4 N–H and O–H groups in total. The summed E-state index contributed by atoms with van der Waals surface area (Å²) in [5, 5.41) is 26.0. The maximum atomic E-state index is 12.6. The molecule has 3 fully saturated rings. The molecular weight excluding hydrogens is 428 g/mol. The lowest BCUT2D eigenvalue weighted by Gasteiger charge is -2.35. The van der Waals surface area contributed by atoms with Gasteiger partial charge in [0.1, 0.15) is 11.3 Å². The molecule has 7 nitrogen and oxygen atoms in total. The number of benzene rings is 1. The van der Waals surface area contributed by atoms with Crippen molar-refractivity contribution in [3.05, 3.63) is 28.2 Å². The number of halogens is 1. The quantitative estimate of drug-likeness (QED) is 0.523. The molecule has 4 unspecified atom stereocenters. The largest absolute Gasteiger partial charge is 0.508 e. The van der Waals surface area contributed by atoms with Crippen molar-refractivity contribution in [3.63, 3.8) is 0 Å². The highest BCUT2D eigenvalue weighted by Crippen LogP contribution is 2.51. The topological polar surface area (TPSA) is 116 Å². The van der Waals surface area contributed by atoms with E-state index in [4.69, 9.17) is 0 Å². The molecule has 1 aromatic rings. The maximum Gasteiger partial charge on any atom is 0.324 e. The minimum atomic E-state index is -1.53. The van der Waals surface area contributed by atoms with Gasteiger partial charge in [0.25, 0.3) is 0 Å². The van der Waals surface area contributed by atoms with Crippen LogP contribution in [0.5, 0.6) is 5.75 Å². The fourth-order valence-electron chi connectivity index (χ4n) is 5.29. The molecule has 0 radical (unpaired) electrons. The van der Waals surface area contributed by atoms with Gasteiger partial charge in [-0.15, -0.1) is 0 Å². The molecule has 2 amide bonds. The summed E-state index contributed by atoms with van der Waals surface area (Å²) < 4.78 is 0.698. The Morgan fingerprint density at radius 3 is 2.57 bits per heavy atom. The second kappa shape index (κ2) is 7.15. The minimum absolute atomic E-state index is 0.0366. The zero-order valence-corrected chi connectivity index (χ0v) is 16.9. The molecule has 2 aliphatic heterocycles. The van der Waals surface area contributed by atoms with Gasteiger partial charge in [0.05, 0.1) is 11.8 Å². The number of amides is 2. The molecule has 2 heterocycles. The second-order valence-electron chi connectivity index (χ2n) is 8.17. The lowest BCUT2D eigenvalue weighted by molar-refractivity contribution is -0.150. The third-order valence-corrected chi connectivity index (χ3v) is 7.03. The summed E-state index contributed by atoms with van der Waals surface area (Å²) in [5.41, 5.74) is -1.11. The Bertz CT molecular complexity index is 838. The number of nitrogens with one attached hydrogen (secondary N) is 2. The van der Waals surface area contributed by atoms with E-state index < -0.39 is 41.2 Å². The number of hydrogen-bond acceptors (Lipinski definition) is 5. The van der Waals surface area contributed by atoms with Crippen molar-refractivity contribution in [2.75, 3.05) is 0 Å². The molecule has 2 saturated heterocycles. The molecule has 8 heteroatoms. The zero-order valence-electron chi connectivity index (χ0n) is 15.3. The van der Waals surface area contributed by atoms with E-state index in [9.17, 15) is 24.6 Å². The predicted molar refractivity (Wildman–Crippen MR) is 103 cm³/mol. The Labute approximate surface area is 171 Å². The van der Waals surface area contributed by atoms with Crippen LogP contribution in [0.1, 0.15) is 50.1 Å². The van der Waals surface area contributed by atoms with E-state index in [1.165, 1.54) is 6.07 Å². The van der Waals surface area contributed by atoms with Gasteiger partial charge in [0, 0.05) is 16.1 Å². The van der Waals surface area contributed by atoms with Gasteiger partial charge in [-0.2, -0.15) is 0 Å². The highest BCUT2D eigenvalue weighted by atomic mass is 79.9. The number of phenols is 1. The van der Waals surface area contributed by atoms with Crippen molar-refractivity contribution in [2.45, 2.75) is 50.1 Å². The summed E-state index contributed by atoms with van der Waals surface area (Å²) in [7, 11) is 0. The van der Waals surface area contributed by atoms with Crippen LogP contribution in [-0.2, 0) is 14.4 Å². The smallest absolute Gasteiger partial charge is 0.324 e. The summed E-state index contributed by atoms with van der Waals surface area (Å²) in [4.78, 5) is 37.7. The molecule has 1 aromatic carbocycles. The molecule has 4 atom stereocenters. The fraction of sp³-hybridized carbons (Fsp3) is 0.550. The van der Waals surface area contributed by atoms with Gasteiger partial charge in [0.15, 0.2) is 0 Å². The first kappa shape index (κ1) is 19.4. The van der Waals surface area contributed by atoms with E-state index in [-0.39, 0.29) is 11.7 Å². The van der Waals surface area contributed by atoms with Crippen molar-refractivity contribution in [2.24, 2.45) is 17.8 Å². The maximum absolute atomic E-state index is 12.6. The summed E-state index contributed by atoms with van der Waals surface area (Å²) in [5.74, 6) is -3.86. The van der Waals surface area contributed by atoms with E-state index in [2.05, 4.69) is 26.6 Å². The number of rotatable bonds is 4. The number of aliphatic carboxylic acids is 1. The fourth-order valence-corrected chi connectivity index (χ4v) is 5.67. The monoisotopic (exact) mass is 450 g/mol. The highest BCUT2D eigenvalue weighted by Gasteiger charge is 2.66. The standard InChI is InChI=1S/C20H23BrN2O5/c21-11-6-7-13(24)12(8-11)16-14-15(18(26)22-17(14)25)20(23-16,19(27)28)9-10-4-2-1-3-5-10/h6-8,10,14-16,23-24H,1-5,9H2,(H,27,28)(H,22,25,26). The lowest BCUT2D eigenvalue weighted by atomic mass is 9.72. The van der Waals surface area contributed by atoms with E-state index in [1.807, 2.05) is 0 Å². The van der Waals surface area contributed by atoms with Gasteiger partial charge in [0.2, 0.25) is 11.8 Å². The van der Waals surface area contributed by atoms with Crippen molar-refractivity contribution in [1.29, 1.82) is 0 Å². The molecule has 3 aliphatic rings. The SMILES string of the molecule is O=C1NC(=O)C2C1C(c1cc(Br)ccc1O)NC2(CC1CCCCC1)C(=O)O. The van der Waals surface area contributed by atoms with Crippen LogP contribution in [0.2, 0.25) is 0 Å². The minimum Gasteiger partial charge on any atom is -0.508 e.